The minimum absolute atomic E-state index is 0.0884. The Morgan fingerprint density at radius 3 is 2.70 bits per heavy atom. The number of imidazole rings is 1. The van der Waals surface area contributed by atoms with Crippen LogP contribution in [-0.2, 0) is 29.5 Å². The van der Waals surface area contributed by atoms with Crippen LogP contribution in [0.15, 0.2) is 36.7 Å². The minimum atomic E-state index is -3.48. The molecule has 0 aliphatic carbocycles. The van der Waals surface area contributed by atoms with Crippen molar-refractivity contribution < 1.29 is 23.4 Å². The second-order valence-electron chi connectivity index (χ2n) is 9.24. The molecule has 0 bridgehead atoms. The molecule has 0 amide bonds. The molecular weight excluding hydrogens is 497 g/mol. The number of benzene rings is 1. The highest BCUT2D eigenvalue weighted by atomic mass is 31.2. The van der Waals surface area contributed by atoms with Crippen molar-refractivity contribution >= 4 is 36.4 Å². The lowest BCUT2D eigenvalue weighted by Crippen LogP contribution is -2.36. The summed E-state index contributed by atoms with van der Waals surface area (Å²) in [5, 5.41) is 5.88. The van der Waals surface area contributed by atoms with Crippen molar-refractivity contribution in [2.75, 3.05) is 24.7 Å². The van der Waals surface area contributed by atoms with Gasteiger partial charge in [0.05, 0.1) is 31.3 Å². The number of rotatable bonds is 11. The fourth-order valence-corrected chi connectivity index (χ4v) is 6.22. The molecule has 1 aromatic carbocycles. The molecule has 4 rings (SSSR count). The van der Waals surface area contributed by atoms with Crippen molar-refractivity contribution in [3.63, 3.8) is 0 Å². The third-order valence-electron chi connectivity index (χ3n) is 5.87. The second-order valence-corrected chi connectivity index (χ2v) is 11.4. The van der Waals surface area contributed by atoms with Crippen LogP contribution in [0.4, 0.5) is 11.8 Å². The topological polar surface area (TPSA) is 156 Å². The normalized spacial score (nSPS) is 20.1. The zero-order valence-corrected chi connectivity index (χ0v) is 22.4. The summed E-state index contributed by atoms with van der Waals surface area (Å²) >= 11 is 0. The molecule has 2 aromatic heterocycles. The monoisotopic (exact) mass is 531 g/mol. The third-order valence-corrected chi connectivity index (χ3v) is 8.00. The molecule has 3 aromatic rings. The summed E-state index contributed by atoms with van der Waals surface area (Å²) in [5.41, 5.74) is 7.86. The van der Waals surface area contributed by atoms with Crippen molar-refractivity contribution in [1.82, 2.24) is 24.6 Å². The lowest BCUT2D eigenvalue weighted by Gasteiger charge is -2.25. The highest BCUT2D eigenvalue weighted by Gasteiger charge is 2.34. The first kappa shape index (κ1) is 27.0. The molecule has 200 valence electrons. The summed E-state index contributed by atoms with van der Waals surface area (Å²) < 4.78 is 33.2. The van der Waals surface area contributed by atoms with Gasteiger partial charge in [-0.25, -0.2) is 10.1 Å². The smallest absolute Gasteiger partial charge is 0.323 e. The lowest BCUT2D eigenvalue weighted by molar-refractivity contribution is -0.149. The SMILES string of the molecule is CNc1nc(N)nc2c1ncn2[C@H]1CC[C@@H](COP(=O)(Cc2ccccc2)N[C@H](C)C(=O)OC(C)C)O1. The molecule has 1 unspecified atom stereocenters. The largest absolute Gasteiger partial charge is 0.462 e. The number of fused-ring (bicyclic) bond motifs is 1. The second kappa shape index (κ2) is 11.6. The van der Waals surface area contributed by atoms with E-state index in [1.807, 2.05) is 34.9 Å². The third kappa shape index (κ3) is 6.64. The molecular formula is C24H34N7O5P. The average Bonchev–Trinajstić information content (AvgIpc) is 3.49. The number of anilines is 2. The number of esters is 1. The van der Waals surface area contributed by atoms with E-state index in [-0.39, 0.29) is 37.2 Å². The number of nitrogens with two attached hydrogens (primary N) is 1. The Balaban J connectivity index is 1.45. The maximum Gasteiger partial charge on any atom is 0.323 e. The van der Waals surface area contributed by atoms with Crippen molar-refractivity contribution in [2.24, 2.45) is 0 Å². The standard InChI is InChI=1S/C24H34N7O5P/c1-15(2)35-23(32)16(3)30-37(33,13-17-8-6-5-7-9-17)34-12-18-10-11-19(36-18)31-14-27-20-21(26-4)28-24(25)29-22(20)31/h5-9,14-16,18-19H,10-13H2,1-4H3,(H,30,33)(H3,25,26,28,29)/t16-,18+,19-,37?/m1/s1. The van der Waals surface area contributed by atoms with Gasteiger partial charge in [0.2, 0.25) is 5.95 Å². The molecule has 4 N–H and O–H groups in total. The van der Waals surface area contributed by atoms with Crippen LogP contribution in [0, 0.1) is 0 Å². The summed E-state index contributed by atoms with van der Waals surface area (Å²) in [5.74, 6) is 0.185. The number of aromatic nitrogens is 4. The molecule has 4 atom stereocenters. The highest BCUT2D eigenvalue weighted by Crippen LogP contribution is 2.47. The Morgan fingerprint density at radius 1 is 1.24 bits per heavy atom. The predicted octanol–water partition coefficient (Wildman–Crippen LogP) is 3.47. The average molecular weight is 532 g/mol. The highest BCUT2D eigenvalue weighted by molar-refractivity contribution is 7.56. The molecule has 0 saturated carbocycles. The van der Waals surface area contributed by atoms with Gasteiger partial charge in [-0.05, 0) is 39.2 Å². The zero-order chi connectivity index (χ0) is 26.6. The molecule has 0 radical (unpaired) electrons. The summed E-state index contributed by atoms with van der Waals surface area (Å²) in [4.78, 5) is 25.3. The van der Waals surface area contributed by atoms with E-state index in [4.69, 9.17) is 19.7 Å². The van der Waals surface area contributed by atoms with Gasteiger partial charge >= 0.3 is 5.97 Å². The number of hydrogen-bond donors (Lipinski definition) is 3. The van der Waals surface area contributed by atoms with E-state index in [1.165, 1.54) is 0 Å². The lowest BCUT2D eigenvalue weighted by atomic mass is 10.2. The first-order valence-corrected chi connectivity index (χ1v) is 14.1. The van der Waals surface area contributed by atoms with Gasteiger partial charge in [0, 0.05) is 7.05 Å². The van der Waals surface area contributed by atoms with E-state index in [2.05, 4.69) is 25.4 Å². The maximum absolute atomic E-state index is 13.9. The van der Waals surface area contributed by atoms with E-state index in [9.17, 15) is 9.36 Å². The summed E-state index contributed by atoms with van der Waals surface area (Å²) in [6, 6.07) is 8.55. The van der Waals surface area contributed by atoms with Crippen LogP contribution in [0.25, 0.3) is 11.2 Å². The Kier molecular flexibility index (Phi) is 8.43. The van der Waals surface area contributed by atoms with Crippen molar-refractivity contribution in [3.05, 3.63) is 42.2 Å². The zero-order valence-electron chi connectivity index (χ0n) is 21.5. The summed E-state index contributed by atoms with van der Waals surface area (Å²) in [7, 11) is -1.74. The summed E-state index contributed by atoms with van der Waals surface area (Å²) in [6.07, 6.45) is 2.22. The number of ether oxygens (including phenoxy) is 2. The van der Waals surface area contributed by atoms with E-state index in [1.54, 1.807) is 34.1 Å². The van der Waals surface area contributed by atoms with Gasteiger partial charge in [-0.2, -0.15) is 9.97 Å². The van der Waals surface area contributed by atoms with E-state index < -0.39 is 19.5 Å². The molecule has 37 heavy (non-hydrogen) atoms. The Labute approximate surface area is 215 Å². The Hall–Kier alpha value is -3.05. The van der Waals surface area contributed by atoms with Gasteiger partial charge in [0.25, 0.3) is 7.52 Å². The van der Waals surface area contributed by atoms with Crippen LogP contribution >= 0.6 is 7.52 Å². The van der Waals surface area contributed by atoms with E-state index in [0.29, 0.717) is 29.8 Å². The van der Waals surface area contributed by atoms with Gasteiger partial charge in [0.1, 0.15) is 12.3 Å². The quantitative estimate of drug-likeness (QED) is 0.246. The molecule has 1 fully saturated rings. The van der Waals surface area contributed by atoms with Gasteiger partial charge in [0.15, 0.2) is 17.0 Å². The van der Waals surface area contributed by atoms with Crippen LogP contribution in [0.1, 0.15) is 45.4 Å². The van der Waals surface area contributed by atoms with Gasteiger partial charge in [-0.3, -0.25) is 13.9 Å². The number of nitrogen functional groups attached to an aromatic ring is 1. The van der Waals surface area contributed by atoms with E-state index >= 15 is 0 Å². The molecule has 13 heteroatoms. The van der Waals surface area contributed by atoms with Crippen LogP contribution in [0.3, 0.4) is 0 Å². The molecule has 12 nitrogen and oxygen atoms in total. The van der Waals surface area contributed by atoms with Crippen molar-refractivity contribution in [1.29, 1.82) is 0 Å². The molecule has 1 aliphatic heterocycles. The van der Waals surface area contributed by atoms with Crippen LogP contribution in [-0.4, -0.2) is 57.4 Å². The fourth-order valence-electron chi connectivity index (χ4n) is 4.17. The fraction of sp³-hybridized carbons (Fsp3) is 0.500. The van der Waals surface area contributed by atoms with Crippen LogP contribution < -0.4 is 16.1 Å². The van der Waals surface area contributed by atoms with Crippen LogP contribution in [0.2, 0.25) is 0 Å². The molecule has 0 spiro atoms. The number of carbonyl (C=O) groups is 1. The number of hydrogen-bond acceptors (Lipinski definition) is 10. The van der Waals surface area contributed by atoms with Gasteiger partial charge in [-0.1, -0.05) is 30.3 Å². The van der Waals surface area contributed by atoms with Crippen molar-refractivity contribution in [2.45, 2.75) is 64.3 Å². The van der Waals surface area contributed by atoms with Gasteiger partial charge < -0.3 is 25.0 Å². The first-order valence-electron chi connectivity index (χ1n) is 12.3. The number of nitrogens with one attached hydrogen (secondary N) is 2. The number of carbonyl (C=O) groups excluding carboxylic acids is 1. The predicted molar refractivity (Wildman–Crippen MR) is 140 cm³/mol. The first-order chi connectivity index (χ1) is 17.7. The Bertz CT molecular complexity index is 1270. The number of nitrogens with zero attached hydrogens (tertiary/aromatic N) is 4. The molecule has 3 heterocycles. The molecule has 1 saturated heterocycles. The summed E-state index contributed by atoms with van der Waals surface area (Å²) in [6.45, 7) is 5.24. The Morgan fingerprint density at radius 2 is 2.00 bits per heavy atom. The van der Waals surface area contributed by atoms with E-state index in [0.717, 1.165) is 5.56 Å². The molecule has 1 aliphatic rings. The van der Waals surface area contributed by atoms with Gasteiger partial charge in [-0.15, -0.1) is 0 Å². The van der Waals surface area contributed by atoms with Crippen molar-refractivity contribution in [3.8, 4) is 0 Å². The minimum Gasteiger partial charge on any atom is -0.462 e. The maximum atomic E-state index is 13.9. The van der Waals surface area contributed by atoms with Crippen LogP contribution in [0.5, 0.6) is 0 Å².